The first kappa shape index (κ1) is 33.8. The van der Waals surface area contributed by atoms with Crippen molar-refractivity contribution in [1.82, 2.24) is 0 Å². The van der Waals surface area contributed by atoms with E-state index in [1.165, 1.54) is 121 Å². The molecule has 0 aliphatic heterocycles. The van der Waals surface area contributed by atoms with Crippen LogP contribution in [0.5, 0.6) is 0 Å². The van der Waals surface area contributed by atoms with Crippen molar-refractivity contribution in [3.8, 4) is 55.6 Å². The van der Waals surface area contributed by atoms with Crippen molar-refractivity contribution in [2.24, 2.45) is 0 Å². The molecule has 1 aliphatic rings. The summed E-state index contributed by atoms with van der Waals surface area (Å²) in [5, 5.41) is 12.7. The molecule has 0 nitrogen and oxygen atoms in total. The minimum atomic E-state index is -0.0856. The Balaban J connectivity index is 0.850. The lowest BCUT2D eigenvalue weighted by Gasteiger charge is -2.22. The molecule has 0 unspecified atom stereocenters. The number of fused-ring (bicyclic) bond motifs is 10. The summed E-state index contributed by atoms with van der Waals surface area (Å²) in [6.07, 6.45) is 0. The van der Waals surface area contributed by atoms with Gasteiger partial charge in [-0.15, -0.1) is 0 Å². The summed E-state index contributed by atoms with van der Waals surface area (Å²) in [7, 11) is 0. The van der Waals surface area contributed by atoms with Gasteiger partial charge >= 0.3 is 0 Å². The average Bonchev–Trinajstić information content (AvgIpc) is 3.52. The molecule has 0 amide bonds. The Bertz CT molecular complexity index is 3510. The molecule has 11 aromatic rings. The molecule has 59 heavy (non-hydrogen) atoms. The second-order valence-corrected chi connectivity index (χ2v) is 16.9. The van der Waals surface area contributed by atoms with Crippen molar-refractivity contribution in [3.05, 3.63) is 217 Å². The van der Waals surface area contributed by atoms with Gasteiger partial charge in [0.1, 0.15) is 0 Å². The topological polar surface area (TPSA) is 0 Å². The molecule has 0 saturated carbocycles. The van der Waals surface area contributed by atoms with Gasteiger partial charge in [-0.3, -0.25) is 0 Å². The van der Waals surface area contributed by atoms with Crippen molar-refractivity contribution in [2.75, 3.05) is 0 Å². The van der Waals surface area contributed by atoms with E-state index in [0.29, 0.717) is 0 Å². The lowest BCUT2D eigenvalue weighted by Crippen LogP contribution is -2.15. The highest BCUT2D eigenvalue weighted by Crippen LogP contribution is 2.51. The van der Waals surface area contributed by atoms with E-state index >= 15 is 0 Å². The van der Waals surface area contributed by atoms with Crippen LogP contribution in [0.4, 0.5) is 0 Å². The third kappa shape index (κ3) is 5.37. The lowest BCUT2D eigenvalue weighted by molar-refractivity contribution is 0.661. The first-order valence-electron chi connectivity index (χ1n) is 20.7. The van der Waals surface area contributed by atoms with E-state index in [-0.39, 0.29) is 5.41 Å². The molecule has 11 aromatic carbocycles. The van der Waals surface area contributed by atoms with Gasteiger partial charge in [0, 0.05) is 5.41 Å². The third-order valence-electron chi connectivity index (χ3n) is 13.2. The Morgan fingerprint density at radius 2 is 0.644 bits per heavy atom. The summed E-state index contributed by atoms with van der Waals surface area (Å²) in [5.74, 6) is 0. The summed E-state index contributed by atoms with van der Waals surface area (Å²) in [6, 6.07) is 77.0. The molecule has 0 heteroatoms. The number of rotatable bonds is 4. The number of hydrogen-bond acceptors (Lipinski definition) is 0. The van der Waals surface area contributed by atoms with Crippen LogP contribution in [0.3, 0.4) is 0 Å². The van der Waals surface area contributed by atoms with Crippen molar-refractivity contribution in [1.29, 1.82) is 0 Å². The van der Waals surface area contributed by atoms with E-state index in [0.717, 1.165) is 0 Å². The minimum Gasteiger partial charge on any atom is -0.0622 e. The van der Waals surface area contributed by atoms with Gasteiger partial charge < -0.3 is 0 Å². The summed E-state index contributed by atoms with van der Waals surface area (Å²) in [6.45, 7) is 4.75. The van der Waals surface area contributed by atoms with Gasteiger partial charge in [0.15, 0.2) is 0 Å². The van der Waals surface area contributed by atoms with Gasteiger partial charge in [-0.1, -0.05) is 184 Å². The summed E-state index contributed by atoms with van der Waals surface area (Å²) in [5.41, 5.74) is 15.5. The predicted octanol–water partition coefficient (Wildman–Crippen LogP) is 16.4. The van der Waals surface area contributed by atoms with Crippen molar-refractivity contribution < 1.29 is 0 Å². The highest BCUT2D eigenvalue weighted by molar-refractivity contribution is 6.12. The minimum absolute atomic E-state index is 0.0856. The lowest BCUT2D eigenvalue weighted by atomic mass is 9.80. The number of hydrogen-bond donors (Lipinski definition) is 0. The van der Waals surface area contributed by atoms with Crippen LogP contribution in [-0.2, 0) is 5.41 Å². The number of benzene rings is 11. The fourth-order valence-electron chi connectivity index (χ4n) is 10.1. The third-order valence-corrected chi connectivity index (χ3v) is 13.2. The summed E-state index contributed by atoms with van der Waals surface area (Å²) < 4.78 is 0. The molecule has 0 N–H and O–H groups in total. The van der Waals surface area contributed by atoms with E-state index in [1.807, 2.05) is 0 Å². The monoisotopic (exact) mass is 748 g/mol. The molecule has 0 saturated heterocycles. The molecule has 0 atom stereocenters. The molecule has 1 aliphatic carbocycles. The predicted molar refractivity (Wildman–Crippen MR) is 253 cm³/mol. The van der Waals surface area contributed by atoms with Crippen LogP contribution in [0, 0.1) is 0 Å². The van der Waals surface area contributed by atoms with E-state index in [4.69, 9.17) is 0 Å². The van der Waals surface area contributed by atoms with Crippen molar-refractivity contribution in [2.45, 2.75) is 19.3 Å². The molecule has 0 heterocycles. The Morgan fingerprint density at radius 3 is 1.19 bits per heavy atom. The molecule has 0 radical (unpaired) electrons. The van der Waals surface area contributed by atoms with Crippen LogP contribution in [0.2, 0.25) is 0 Å². The maximum atomic E-state index is 2.43. The second kappa shape index (κ2) is 12.9. The Labute approximate surface area is 344 Å². The van der Waals surface area contributed by atoms with E-state index in [2.05, 4.69) is 220 Å². The normalized spacial score (nSPS) is 13.1. The van der Waals surface area contributed by atoms with Crippen LogP contribution in [-0.4, -0.2) is 0 Å². The molecule has 0 bridgehead atoms. The van der Waals surface area contributed by atoms with Crippen LogP contribution in [0.15, 0.2) is 206 Å². The first-order chi connectivity index (χ1) is 29.0. The maximum Gasteiger partial charge on any atom is 0.0159 e. The van der Waals surface area contributed by atoms with Crippen LogP contribution < -0.4 is 0 Å². The van der Waals surface area contributed by atoms with Crippen LogP contribution in [0.25, 0.3) is 109 Å². The highest BCUT2D eigenvalue weighted by atomic mass is 14.4. The van der Waals surface area contributed by atoms with Gasteiger partial charge in [0.25, 0.3) is 0 Å². The highest BCUT2D eigenvalue weighted by Gasteiger charge is 2.36. The van der Waals surface area contributed by atoms with Gasteiger partial charge in [-0.25, -0.2) is 0 Å². The summed E-state index contributed by atoms with van der Waals surface area (Å²) >= 11 is 0. The quantitative estimate of drug-likeness (QED) is 0.157. The Morgan fingerprint density at radius 1 is 0.237 bits per heavy atom. The van der Waals surface area contributed by atoms with Gasteiger partial charge in [0.2, 0.25) is 0 Å². The largest absolute Gasteiger partial charge is 0.0622 e. The SMILES string of the molecule is CC1(C)c2cc(-c3ccccc3)ccc2-c2ccc(-c3ccc4c(ccc5cc(-c6ccc7c(ccc8cc(-c9cccc%10ccccc9%10)ccc87)c6)ccc54)c3)cc21. The van der Waals surface area contributed by atoms with Crippen molar-refractivity contribution in [3.63, 3.8) is 0 Å². The van der Waals surface area contributed by atoms with Gasteiger partial charge in [-0.2, -0.15) is 0 Å². The van der Waals surface area contributed by atoms with Crippen LogP contribution >= 0.6 is 0 Å². The molecule has 12 rings (SSSR count). The first-order valence-corrected chi connectivity index (χ1v) is 20.7. The molecular weight excluding hydrogens is 709 g/mol. The molecule has 0 spiro atoms. The molecule has 0 fully saturated rings. The fraction of sp³-hybridized carbons (Fsp3) is 0.0508. The zero-order valence-corrected chi connectivity index (χ0v) is 33.1. The fourth-order valence-corrected chi connectivity index (χ4v) is 10.1. The maximum absolute atomic E-state index is 2.43. The van der Waals surface area contributed by atoms with E-state index < -0.39 is 0 Å². The van der Waals surface area contributed by atoms with Crippen LogP contribution in [0.1, 0.15) is 25.0 Å². The standard InChI is InChI=1S/C59H40/c1-59(2)57-35-42(37-9-4-3-5-10-37)22-29-55(57)56-30-23-43(36-58(56)59)41-21-27-52-46(33-41)16-15-44-31-39(19-25-51(44)52)40-20-26-53-45(32-40)17-18-47-34-48(24-28-54(47)53)50-14-8-12-38-11-6-7-13-49(38)50/h3-36H,1-2H3. The van der Waals surface area contributed by atoms with E-state index in [1.54, 1.807) is 0 Å². The zero-order chi connectivity index (χ0) is 39.2. The Kier molecular flexibility index (Phi) is 7.38. The second-order valence-electron chi connectivity index (χ2n) is 16.9. The Hall–Kier alpha value is -7.28. The van der Waals surface area contributed by atoms with Crippen molar-refractivity contribution >= 4 is 53.9 Å². The smallest absolute Gasteiger partial charge is 0.0159 e. The molecule has 276 valence electrons. The van der Waals surface area contributed by atoms with Gasteiger partial charge in [-0.05, 0) is 157 Å². The zero-order valence-electron chi connectivity index (χ0n) is 33.1. The summed E-state index contributed by atoms with van der Waals surface area (Å²) in [4.78, 5) is 0. The van der Waals surface area contributed by atoms with Gasteiger partial charge in [0.05, 0.1) is 0 Å². The molecule has 0 aromatic heterocycles. The van der Waals surface area contributed by atoms with E-state index in [9.17, 15) is 0 Å². The molecular formula is C59H40. The average molecular weight is 749 g/mol.